The molecule has 0 unspecified atom stereocenters. The van der Waals surface area contributed by atoms with Gasteiger partial charge in [0.05, 0.1) is 11.1 Å². The van der Waals surface area contributed by atoms with Crippen LogP contribution in [-0.4, -0.2) is 107 Å². The summed E-state index contributed by atoms with van der Waals surface area (Å²) >= 11 is 0. The Hall–Kier alpha value is -5.58. The smallest absolute Gasteiger partial charge is 0.335 e. The number of aromatic amines is 2. The number of rotatable bonds is 14. The number of carboxylic acids is 2. The molecular weight excluding hydrogens is 737 g/mol. The van der Waals surface area contributed by atoms with E-state index in [9.17, 15) is 19.8 Å². The number of anilines is 2. The molecule has 0 spiro atoms. The Morgan fingerprint density at radius 1 is 0.576 bits per heavy atom. The second-order valence-corrected chi connectivity index (χ2v) is 16.4. The second kappa shape index (κ2) is 19.4. The molecule has 0 radical (unpaired) electrons. The fourth-order valence-corrected chi connectivity index (χ4v) is 8.75. The maximum atomic E-state index is 11.3. The predicted molar refractivity (Wildman–Crippen MR) is 241 cm³/mol. The fraction of sp³-hybridized carbons (Fsp3) is 0.388. The molecule has 0 saturated carbocycles. The molecule has 0 amide bonds. The van der Waals surface area contributed by atoms with Crippen LogP contribution in [0.4, 0.5) is 11.4 Å². The third-order valence-electron chi connectivity index (χ3n) is 12.2. The molecule has 4 N–H and O–H groups in total. The van der Waals surface area contributed by atoms with Gasteiger partial charge in [-0.15, -0.1) is 0 Å². The minimum absolute atomic E-state index is 0.352. The van der Waals surface area contributed by atoms with Crippen molar-refractivity contribution in [2.45, 2.75) is 59.3 Å². The Balaban J connectivity index is 0.000000179. The molecule has 6 aromatic rings. The number of H-pyrrole nitrogens is 2. The van der Waals surface area contributed by atoms with Crippen LogP contribution >= 0.6 is 0 Å². The number of fused-ring (bicyclic) bond motifs is 2. The molecule has 59 heavy (non-hydrogen) atoms. The number of carboxylic acid groups (broad SMARTS) is 2. The number of hydrogen-bond acceptors (Lipinski definition) is 6. The van der Waals surface area contributed by atoms with Gasteiger partial charge in [-0.25, -0.2) is 9.59 Å². The average Bonchev–Trinajstić information content (AvgIpc) is 3.80. The van der Waals surface area contributed by atoms with Crippen LogP contribution in [0.1, 0.15) is 74.3 Å². The first-order chi connectivity index (χ1) is 28.6. The molecule has 0 bridgehead atoms. The summed E-state index contributed by atoms with van der Waals surface area (Å²) in [6.45, 7) is 17.4. The zero-order valence-electron chi connectivity index (χ0n) is 35.0. The molecule has 4 heterocycles. The molecule has 0 aliphatic carbocycles. The van der Waals surface area contributed by atoms with Crippen molar-refractivity contribution in [3.8, 4) is 0 Å². The van der Waals surface area contributed by atoms with Crippen molar-refractivity contribution in [3.63, 3.8) is 0 Å². The molecule has 4 aromatic carbocycles. The van der Waals surface area contributed by atoms with Gasteiger partial charge >= 0.3 is 11.9 Å². The van der Waals surface area contributed by atoms with Crippen LogP contribution in [0.25, 0.3) is 21.8 Å². The van der Waals surface area contributed by atoms with Gasteiger partial charge in [0.2, 0.25) is 0 Å². The lowest BCUT2D eigenvalue weighted by atomic mass is 10.0. The summed E-state index contributed by atoms with van der Waals surface area (Å²) in [7, 11) is 0. The first kappa shape index (κ1) is 41.6. The Kier molecular flexibility index (Phi) is 13.7. The number of piperazine rings is 2. The predicted octanol–water partition coefficient (Wildman–Crippen LogP) is 8.95. The van der Waals surface area contributed by atoms with E-state index in [-0.39, 0.29) is 0 Å². The zero-order valence-corrected chi connectivity index (χ0v) is 35.0. The van der Waals surface area contributed by atoms with E-state index in [4.69, 9.17) is 0 Å². The molecular formula is C49H60N6O4. The Morgan fingerprint density at radius 2 is 1.08 bits per heavy atom. The summed E-state index contributed by atoms with van der Waals surface area (Å²) in [5, 5.41) is 20.6. The van der Waals surface area contributed by atoms with Crippen molar-refractivity contribution in [1.29, 1.82) is 0 Å². The lowest BCUT2D eigenvalue weighted by Crippen LogP contribution is -2.46. The first-order valence-corrected chi connectivity index (χ1v) is 21.4. The molecule has 0 atom stereocenters. The Morgan fingerprint density at radius 3 is 1.61 bits per heavy atom. The van der Waals surface area contributed by atoms with Crippen molar-refractivity contribution in [3.05, 3.63) is 130 Å². The highest BCUT2D eigenvalue weighted by Gasteiger charge is 2.19. The van der Waals surface area contributed by atoms with Gasteiger partial charge in [0, 0.05) is 97.4 Å². The Labute approximate surface area is 348 Å². The van der Waals surface area contributed by atoms with Crippen molar-refractivity contribution >= 4 is 45.1 Å². The van der Waals surface area contributed by atoms with Gasteiger partial charge in [0.1, 0.15) is 0 Å². The average molecular weight is 797 g/mol. The van der Waals surface area contributed by atoms with E-state index in [1.165, 1.54) is 33.6 Å². The molecule has 2 aliphatic rings. The van der Waals surface area contributed by atoms with Crippen LogP contribution < -0.4 is 9.80 Å². The second-order valence-electron chi connectivity index (χ2n) is 16.4. The number of unbranched alkanes of at least 4 members (excludes halogenated alkanes) is 2. The van der Waals surface area contributed by atoms with E-state index >= 15 is 0 Å². The summed E-state index contributed by atoms with van der Waals surface area (Å²) in [6.07, 6.45) is 8.54. The fourth-order valence-electron chi connectivity index (χ4n) is 8.75. The van der Waals surface area contributed by atoms with Crippen molar-refractivity contribution < 1.29 is 19.8 Å². The Bertz CT molecular complexity index is 2350. The largest absolute Gasteiger partial charge is 0.478 e. The number of aryl methyl sites for hydroxylation is 5. The number of nitrogens with zero attached hydrogens (tertiary/aromatic N) is 4. The van der Waals surface area contributed by atoms with Crippen LogP contribution in [0.2, 0.25) is 0 Å². The van der Waals surface area contributed by atoms with Gasteiger partial charge in [-0.2, -0.15) is 0 Å². The summed E-state index contributed by atoms with van der Waals surface area (Å²) in [4.78, 5) is 39.3. The zero-order chi connectivity index (χ0) is 41.3. The van der Waals surface area contributed by atoms with Gasteiger partial charge in [0.15, 0.2) is 0 Å². The summed E-state index contributed by atoms with van der Waals surface area (Å²) in [5.74, 6) is -1.74. The molecule has 310 valence electrons. The minimum Gasteiger partial charge on any atom is -0.478 e. The third-order valence-corrected chi connectivity index (χ3v) is 12.2. The molecule has 10 heteroatoms. The van der Waals surface area contributed by atoms with Crippen LogP contribution in [0.15, 0.2) is 91.1 Å². The summed E-state index contributed by atoms with van der Waals surface area (Å²) < 4.78 is 0. The van der Waals surface area contributed by atoms with Crippen LogP contribution in [0.5, 0.6) is 0 Å². The molecule has 2 aliphatic heterocycles. The van der Waals surface area contributed by atoms with Crippen LogP contribution in [0, 0.1) is 20.8 Å². The standard InChI is InChI=1S/C25H31N3O2.C24H29N3O2/c1-18-6-5-7-21(16-18)28-14-12-27(13-15-28)11-4-3-8-22-19(2)26-24-10-9-20(25(29)30)17-23(22)24;1-18-5-4-7-21(15-18)27-13-11-26(12-14-27)10-3-2-6-20-17-25-23-9-8-19(24(28)29)16-22(20)23/h5-7,9-10,16-17,26H,3-4,8,11-15H2,1-2H3,(H,29,30);4-5,7-9,15-17,25H,2-3,6,10-14H2,1H3,(H,28,29). The highest BCUT2D eigenvalue weighted by Crippen LogP contribution is 2.26. The van der Waals surface area contributed by atoms with Gasteiger partial charge in [-0.05, 0) is 155 Å². The normalized spacial score (nSPS) is 15.1. The molecule has 8 rings (SSSR count). The summed E-state index contributed by atoms with van der Waals surface area (Å²) in [6, 6.07) is 28.2. The highest BCUT2D eigenvalue weighted by atomic mass is 16.4. The molecule has 2 aromatic heterocycles. The number of hydrogen-bond donors (Lipinski definition) is 4. The number of nitrogens with one attached hydrogen (secondary N) is 2. The summed E-state index contributed by atoms with van der Waals surface area (Å²) in [5.41, 5.74) is 11.7. The highest BCUT2D eigenvalue weighted by molar-refractivity contribution is 5.95. The van der Waals surface area contributed by atoms with Crippen molar-refractivity contribution in [2.24, 2.45) is 0 Å². The molecule has 10 nitrogen and oxygen atoms in total. The topological polar surface area (TPSA) is 119 Å². The molecule has 2 fully saturated rings. The van der Waals surface area contributed by atoms with Crippen molar-refractivity contribution in [2.75, 3.05) is 75.2 Å². The maximum Gasteiger partial charge on any atom is 0.335 e. The van der Waals surface area contributed by atoms with E-state index in [0.717, 1.165) is 131 Å². The van der Waals surface area contributed by atoms with E-state index in [2.05, 4.69) is 98.9 Å². The van der Waals surface area contributed by atoms with E-state index < -0.39 is 11.9 Å². The maximum absolute atomic E-state index is 11.3. The number of carbonyl (C=O) groups is 2. The van der Waals surface area contributed by atoms with Gasteiger partial charge in [0.25, 0.3) is 0 Å². The monoisotopic (exact) mass is 796 g/mol. The number of aromatic carboxylic acids is 2. The van der Waals surface area contributed by atoms with Gasteiger partial charge in [-0.3, -0.25) is 9.80 Å². The first-order valence-electron chi connectivity index (χ1n) is 21.4. The van der Waals surface area contributed by atoms with Crippen LogP contribution in [-0.2, 0) is 12.8 Å². The number of aromatic nitrogens is 2. The van der Waals surface area contributed by atoms with Crippen LogP contribution in [0.3, 0.4) is 0 Å². The van der Waals surface area contributed by atoms with Crippen molar-refractivity contribution in [1.82, 2.24) is 19.8 Å². The van der Waals surface area contributed by atoms with Gasteiger partial charge in [-0.1, -0.05) is 24.3 Å². The molecule has 2 saturated heterocycles. The van der Waals surface area contributed by atoms with Gasteiger partial charge < -0.3 is 30.0 Å². The SMILES string of the molecule is Cc1cccc(N2CCN(CCCCc3c(C)[nH]c4ccc(C(=O)O)cc34)CC2)c1.Cc1cccc(N2CCN(CCCCc3c[nH]c4ccc(C(=O)O)cc34)CC2)c1. The van der Waals surface area contributed by atoms with E-state index in [0.29, 0.717) is 11.1 Å². The van der Waals surface area contributed by atoms with E-state index in [1.807, 2.05) is 18.3 Å². The minimum atomic E-state index is -0.871. The number of benzene rings is 4. The lowest BCUT2D eigenvalue weighted by Gasteiger charge is -2.36. The quantitative estimate of drug-likeness (QED) is 0.0808. The van der Waals surface area contributed by atoms with E-state index in [1.54, 1.807) is 24.3 Å². The lowest BCUT2D eigenvalue weighted by molar-refractivity contribution is 0.0686. The third kappa shape index (κ3) is 10.7.